The molecule has 0 bridgehead atoms. The molecule has 0 fully saturated rings. The Bertz CT molecular complexity index is 163. The highest BCUT2D eigenvalue weighted by atomic mass is 16.5. The van der Waals surface area contributed by atoms with E-state index in [4.69, 9.17) is 15.2 Å². The lowest BCUT2D eigenvalue weighted by atomic mass is 10.2. The van der Waals surface area contributed by atoms with E-state index in [0.717, 1.165) is 0 Å². The number of nitrogens with two attached hydrogens (primary N) is 1. The standard InChI is InChI=1S/C9H19NO3/c1-5-12-8(11)7(10)6-13-9(2,3)4/h7H,5-6,10H2,1-4H3/t7-/m0/s1. The predicted molar refractivity (Wildman–Crippen MR) is 50.3 cm³/mol. The van der Waals surface area contributed by atoms with Gasteiger partial charge in [-0.05, 0) is 27.7 Å². The van der Waals surface area contributed by atoms with Crippen molar-refractivity contribution in [2.75, 3.05) is 13.2 Å². The van der Waals surface area contributed by atoms with Gasteiger partial charge in [0.05, 0.1) is 18.8 Å². The Labute approximate surface area is 79.4 Å². The molecule has 0 aliphatic carbocycles. The van der Waals surface area contributed by atoms with Crippen molar-refractivity contribution in [1.29, 1.82) is 0 Å². The van der Waals surface area contributed by atoms with Crippen LogP contribution < -0.4 is 5.73 Å². The summed E-state index contributed by atoms with van der Waals surface area (Å²) in [6.07, 6.45) is 0. The van der Waals surface area contributed by atoms with Crippen molar-refractivity contribution in [1.82, 2.24) is 0 Å². The molecule has 1 atom stereocenters. The maximum Gasteiger partial charge on any atom is 0.325 e. The zero-order valence-electron chi connectivity index (χ0n) is 8.79. The van der Waals surface area contributed by atoms with E-state index in [0.29, 0.717) is 6.61 Å². The van der Waals surface area contributed by atoms with Gasteiger partial charge in [-0.3, -0.25) is 4.79 Å². The lowest BCUT2D eigenvalue weighted by Crippen LogP contribution is -2.39. The van der Waals surface area contributed by atoms with Gasteiger partial charge in [0.25, 0.3) is 0 Å². The molecule has 0 radical (unpaired) electrons. The van der Waals surface area contributed by atoms with Crippen LogP contribution in [-0.2, 0) is 14.3 Å². The maximum absolute atomic E-state index is 11.0. The van der Waals surface area contributed by atoms with Crippen LogP contribution in [0.3, 0.4) is 0 Å². The summed E-state index contributed by atoms with van der Waals surface area (Å²) in [6, 6.07) is -0.681. The van der Waals surface area contributed by atoms with Crippen molar-refractivity contribution >= 4 is 5.97 Å². The van der Waals surface area contributed by atoms with Crippen molar-refractivity contribution < 1.29 is 14.3 Å². The minimum absolute atomic E-state index is 0.197. The van der Waals surface area contributed by atoms with E-state index in [2.05, 4.69) is 0 Å². The molecule has 78 valence electrons. The van der Waals surface area contributed by atoms with Crippen molar-refractivity contribution in [2.24, 2.45) is 5.73 Å². The molecular weight excluding hydrogens is 170 g/mol. The molecule has 0 saturated carbocycles. The fraction of sp³-hybridized carbons (Fsp3) is 0.889. The highest BCUT2D eigenvalue weighted by Gasteiger charge is 2.18. The molecule has 0 rings (SSSR count). The van der Waals surface area contributed by atoms with Crippen LogP contribution in [0.25, 0.3) is 0 Å². The molecule has 0 amide bonds. The minimum Gasteiger partial charge on any atom is -0.465 e. The largest absolute Gasteiger partial charge is 0.465 e. The molecule has 4 heteroatoms. The van der Waals surface area contributed by atoms with Gasteiger partial charge in [-0.15, -0.1) is 0 Å². The lowest BCUT2D eigenvalue weighted by molar-refractivity contribution is -0.147. The third-order valence-electron chi connectivity index (χ3n) is 1.29. The molecule has 2 N–H and O–H groups in total. The second-order valence-corrected chi connectivity index (χ2v) is 3.78. The van der Waals surface area contributed by atoms with E-state index in [9.17, 15) is 4.79 Å². The number of esters is 1. The second-order valence-electron chi connectivity index (χ2n) is 3.78. The summed E-state index contributed by atoms with van der Waals surface area (Å²) in [4.78, 5) is 11.0. The van der Waals surface area contributed by atoms with Crippen LogP contribution in [0.4, 0.5) is 0 Å². The summed E-state index contributed by atoms with van der Waals surface area (Å²) in [5.74, 6) is -0.410. The topological polar surface area (TPSA) is 61.5 Å². The first-order valence-electron chi connectivity index (χ1n) is 4.43. The highest BCUT2D eigenvalue weighted by molar-refractivity contribution is 5.75. The summed E-state index contributed by atoms with van der Waals surface area (Å²) in [7, 11) is 0. The SMILES string of the molecule is CCOC(=O)[C@@H](N)COC(C)(C)C. The smallest absolute Gasteiger partial charge is 0.325 e. The molecule has 0 aliphatic rings. The van der Waals surface area contributed by atoms with Crippen molar-refractivity contribution in [3.8, 4) is 0 Å². The van der Waals surface area contributed by atoms with Crippen LogP contribution in [-0.4, -0.2) is 30.8 Å². The number of hydrogen-bond donors (Lipinski definition) is 1. The third-order valence-corrected chi connectivity index (χ3v) is 1.29. The summed E-state index contributed by atoms with van der Waals surface area (Å²) in [5.41, 5.74) is 5.24. The van der Waals surface area contributed by atoms with Crippen molar-refractivity contribution in [3.05, 3.63) is 0 Å². The van der Waals surface area contributed by atoms with Gasteiger partial charge in [0.15, 0.2) is 0 Å². The van der Waals surface area contributed by atoms with E-state index in [-0.39, 0.29) is 12.2 Å². The molecule has 0 saturated heterocycles. The molecule has 13 heavy (non-hydrogen) atoms. The highest BCUT2D eigenvalue weighted by Crippen LogP contribution is 2.06. The predicted octanol–water partition coefficient (Wildman–Crippen LogP) is 0.692. The van der Waals surface area contributed by atoms with Crippen molar-refractivity contribution in [3.63, 3.8) is 0 Å². The molecule has 0 aromatic carbocycles. The van der Waals surface area contributed by atoms with Gasteiger partial charge in [0, 0.05) is 0 Å². The number of hydrogen-bond acceptors (Lipinski definition) is 4. The third kappa shape index (κ3) is 6.54. The Balaban J connectivity index is 3.74. The van der Waals surface area contributed by atoms with E-state index >= 15 is 0 Å². The fourth-order valence-electron chi connectivity index (χ4n) is 0.657. The van der Waals surface area contributed by atoms with E-state index in [1.54, 1.807) is 6.92 Å². The first-order chi connectivity index (χ1) is 5.87. The quantitative estimate of drug-likeness (QED) is 0.661. The number of carbonyl (C=O) groups is 1. The summed E-state index contributed by atoms with van der Waals surface area (Å²) < 4.78 is 10.1. The van der Waals surface area contributed by atoms with Crippen LogP contribution in [0, 0.1) is 0 Å². The van der Waals surface area contributed by atoms with Crippen LogP contribution in [0.5, 0.6) is 0 Å². The number of carbonyl (C=O) groups excluding carboxylic acids is 1. The molecule has 0 heterocycles. The molecule has 0 aromatic rings. The zero-order valence-corrected chi connectivity index (χ0v) is 8.79. The van der Waals surface area contributed by atoms with Crippen LogP contribution in [0.1, 0.15) is 27.7 Å². The summed E-state index contributed by atoms with van der Waals surface area (Å²) >= 11 is 0. The lowest BCUT2D eigenvalue weighted by Gasteiger charge is -2.21. The van der Waals surface area contributed by atoms with Gasteiger partial charge in [0.1, 0.15) is 6.04 Å². The zero-order chi connectivity index (χ0) is 10.5. The molecule has 4 nitrogen and oxygen atoms in total. The summed E-state index contributed by atoms with van der Waals surface area (Å²) in [6.45, 7) is 8.01. The first-order valence-corrected chi connectivity index (χ1v) is 4.43. The van der Waals surface area contributed by atoms with Gasteiger partial charge in [0.2, 0.25) is 0 Å². The van der Waals surface area contributed by atoms with Gasteiger partial charge in [-0.1, -0.05) is 0 Å². The Hall–Kier alpha value is -0.610. The molecule has 0 spiro atoms. The van der Waals surface area contributed by atoms with Crippen LogP contribution >= 0.6 is 0 Å². The van der Waals surface area contributed by atoms with Gasteiger partial charge in [-0.25, -0.2) is 0 Å². The normalized spacial score (nSPS) is 13.9. The molecular formula is C9H19NO3. The maximum atomic E-state index is 11.0. The Morgan fingerprint density at radius 1 is 1.46 bits per heavy atom. The molecule has 0 aromatic heterocycles. The Morgan fingerprint density at radius 3 is 2.38 bits per heavy atom. The second kappa shape index (κ2) is 5.19. The average Bonchev–Trinajstić information content (AvgIpc) is 1.99. The first kappa shape index (κ1) is 12.4. The number of ether oxygens (including phenoxy) is 2. The van der Waals surface area contributed by atoms with Crippen molar-refractivity contribution in [2.45, 2.75) is 39.3 Å². The summed E-state index contributed by atoms with van der Waals surface area (Å²) in [5, 5.41) is 0. The number of rotatable bonds is 4. The fourth-order valence-corrected chi connectivity index (χ4v) is 0.657. The van der Waals surface area contributed by atoms with E-state index in [1.165, 1.54) is 0 Å². The Kier molecular flexibility index (Phi) is 4.95. The van der Waals surface area contributed by atoms with E-state index < -0.39 is 12.0 Å². The monoisotopic (exact) mass is 189 g/mol. The van der Waals surface area contributed by atoms with Crippen LogP contribution in [0.2, 0.25) is 0 Å². The Morgan fingerprint density at radius 2 is 2.00 bits per heavy atom. The minimum atomic E-state index is -0.681. The van der Waals surface area contributed by atoms with Crippen LogP contribution in [0.15, 0.2) is 0 Å². The van der Waals surface area contributed by atoms with Gasteiger partial charge >= 0.3 is 5.97 Å². The molecule has 0 aliphatic heterocycles. The van der Waals surface area contributed by atoms with Gasteiger partial charge in [-0.2, -0.15) is 0 Å². The van der Waals surface area contributed by atoms with Gasteiger partial charge < -0.3 is 15.2 Å². The average molecular weight is 189 g/mol. The van der Waals surface area contributed by atoms with E-state index in [1.807, 2.05) is 20.8 Å². The molecule has 0 unspecified atom stereocenters.